The van der Waals surface area contributed by atoms with E-state index in [0.29, 0.717) is 28.9 Å². The molecule has 0 radical (unpaired) electrons. The van der Waals surface area contributed by atoms with Gasteiger partial charge in [-0.3, -0.25) is 4.79 Å². The molecule has 4 nitrogen and oxygen atoms in total. The van der Waals surface area contributed by atoms with Gasteiger partial charge >= 0.3 is 0 Å². The van der Waals surface area contributed by atoms with Crippen LogP contribution in [0.4, 0.5) is 5.69 Å². The summed E-state index contributed by atoms with van der Waals surface area (Å²) in [6.45, 7) is 5.62. The van der Waals surface area contributed by atoms with E-state index in [1.807, 2.05) is 19.9 Å². The number of hydrogen-bond acceptors (Lipinski definition) is 3. The van der Waals surface area contributed by atoms with Gasteiger partial charge in [-0.25, -0.2) is 0 Å². The zero-order valence-corrected chi connectivity index (χ0v) is 13.0. The molecule has 1 amide bonds. The predicted octanol–water partition coefficient (Wildman–Crippen LogP) is 2.86. The molecular formula is C14H18Cl2N2O2. The van der Waals surface area contributed by atoms with Crippen LogP contribution in [0.3, 0.4) is 0 Å². The highest BCUT2D eigenvalue weighted by Crippen LogP contribution is 2.33. The van der Waals surface area contributed by atoms with Gasteiger partial charge in [0, 0.05) is 6.04 Å². The summed E-state index contributed by atoms with van der Waals surface area (Å²) in [7, 11) is 0. The first kappa shape index (κ1) is 15.6. The summed E-state index contributed by atoms with van der Waals surface area (Å²) in [5.41, 5.74) is 1.35. The quantitative estimate of drug-likeness (QED) is 0.898. The fourth-order valence-electron chi connectivity index (χ4n) is 2.26. The van der Waals surface area contributed by atoms with E-state index in [0.717, 1.165) is 12.1 Å². The molecule has 2 unspecified atom stereocenters. The predicted molar refractivity (Wildman–Crippen MR) is 81.6 cm³/mol. The van der Waals surface area contributed by atoms with Gasteiger partial charge in [-0.1, -0.05) is 36.2 Å². The van der Waals surface area contributed by atoms with Crippen molar-refractivity contribution in [1.29, 1.82) is 0 Å². The largest absolute Gasteiger partial charge is 0.379 e. The van der Waals surface area contributed by atoms with Crippen molar-refractivity contribution >= 4 is 34.8 Å². The lowest BCUT2D eigenvalue weighted by Crippen LogP contribution is -2.41. The molecule has 1 fully saturated rings. The Morgan fingerprint density at radius 3 is 2.85 bits per heavy atom. The van der Waals surface area contributed by atoms with Gasteiger partial charge in [-0.15, -0.1) is 0 Å². The lowest BCUT2D eigenvalue weighted by Gasteiger charge is -2.19. The topological polar surface area (TPSA) is 50.4 Å². The molecule has 0 aromatic heterocycles. The summed E-state index contributed by atoms with van der Waals surface area (Å²) in [4.78, 5) is 12.4. The van der Waals surface area contributed by atoms with Gasteiger partial charge in [-0.05, 0) is 25.1 Å². The van der Waals surface area contributed by atoms with Gasteiger partial charge in [0.25, 0.3) is 0 Å². The van der Waals surface area contributed by atoms with E-state index in [2.05, 4.69) is 10.6 Å². The van der Waals surface area contributed by atoms with E-state index in [1.54, 1.807) is 6.07 Å². The first-order valence-electron chi connectivity index (χ1n) is 6.61. The molecule has 0 bridgehead atoms. The number of amides is 1. The lowest BCUT2D eigenvalue weighted by atomic mass is 10.0. The Labute approximate surface area is 128 Å². The second-order valence-electron chi connectivity index (χ2n) is 4.85. The fraction of sp³-hybridized carbons (Fsp3) is 0.500. The average molecular weight is 317 g/mol. The van der Waals surface area contributed by atoms with Crippen LogP contribution < -0.4 is 10.6 Å². The molecule has 1 saturated heterocycles. The summed E-state index contributed by atoms with van der Waals surface area (Å²) in [5, 5.41) is 6.99. The van der Waals surface area contributed by atoms with Crippen molar-refractivity contribution in [3.63, 3.8) is 0 Å². The molecule has 1 aromatic carbocycles. The van der Waals surface area contributed by atoms with E-state index in [4.69, 9.17) is 27.9 Å². The van der Waals surface area contributed by atoms with E-state index in [1.165, 1.54) is 0 Å². The molecule has 1 aromatic rings. The second kappa shape index (κ2) is 6.76. The van der Waals surface area contributed by atoms with Gasteiger partial charge in [0.2, 0.25) is 5.91 Å². The van der Waals surface area contributed by atoms with Crippen LogP contribution in [0.15, 0.2) is 12.1 Å². The van der Waals surface area contributed by atoms with Crippen LogP contribution in [-0.2, 0) is 9.53 Å². The molecule has 0 spiro atoms. The number of ether oxygens (including phenoxy) is 1. The highest BCUT2D eigenvalue weighted by atomic mass is 35.5. The number of likely N-dealkylation sites (N-methyl/N-ethyl adjacent to an activating group) is 1. The summed E-state index contributed by atoms with van der Waals surface area (Å²) in [6, 6.07) is 3.58. The Morgan fingerprint density at radius 1 is 1.40 bits per heavy atom. The molecule has 1 aliphatic heterocycles. The molecule has 0 saturated carbocycles. The van der Waals surface area contributed by atoms with Crippen molar-refractivity contribution < 1.29 is 9.53 Å². The van der Waals surface area contributed by atoms with Crippen molar-refractivity contribution in [2.24, 2.45) is 5.92 Å². The Kier molecular flexibility index (Phi) is 5.27. The summed E-state index contributed by atoms with van der Waals surface area (Å²) in [5.74, 6) is -0.356. The molecule has 2 rings (SSSR count). The maximum Gasteiger partial charge on any atom is 0.231 e. The third-order valence-electron chi connectivity index (χ3n) is 3.42. The highest BCUT2D eigenvalue weighted by molar-refractivity contribution is 6.40. The number of carbonyl (C=O) groups excluding carboxylic acids is 1. The third kappa shape index (κ3) is 3.26. The molecule has 110 valence electrons. The first-order valence-corrected chi connectivity index (χ1v) is 7.36. The average Bonchev–Trinajstić information content (AvgIpc) is 2.88. The Balaban J connectivity index is 2.14. The highest BCUT2D eigenvalue weighted by Gasteiger charge is 2.34. The van der Waals surface area contributed by atoms with Crippen LogP contribution in [-0.4, -0.2) is 31.7 Å². The summed E-state index contributed by atoms with van der Waals surface area (Å²) >= 11 is 12.3. The van der Waals surface area contributed by atoms with E-state index in [9.17, 15) is 4.79 Å². The van der Waals surface area contributed by atoms with Gasteiger partial charge in [0.1, 0.15) is 0 Å². The standard InChI is InChI=1S/C14H18Cl2N2O2/c1-3-17-11-7-20-6-9(11)14(19)18-13-10(15)5-4-8(2)12(13)16/h4-5,9,11,17H,3,6-7H2,1-2H3,(H,18,19). The number of halogens is 2. The van der Waals surface area contributed by atoms with Gasteiger partial charge < -0.3 is 15.4 Å². The molecule has 2 atom stereocenters. The summed E-state index contributed by atoms with van der Waals surface area (Å²) in [6.07, 6.45) is 0. The minimum absolute atomic E-state index is 0.0300. The number of anilines is 1. The maximum absolute atomic E-state index is 12.4. The normalized spacial score (nSPS) is 22.0. The molecule has 0 aliphatic carbocycles. The van der Waals surface area contributed by atoms with Crippen LogP contribution in [0, 0.1) is 12.8 Å². The Hall–Kier alpha value is -0.810. The number of nitrogens with one attached hydrogen (secondary N) is 2. The van der Waals surface area contributed by atoms with Crippen LogP contribution in [0.2, 0.25) is 10.0 Å². The Bertz CT molecular complexity index is 508. The summed E-state index contributed by atoms with van der Waals surface area (Å²) < 4.78 is 5.38. The van der Waals surface area contributed by atoms with Gasteiger partial charge in [0.15, 0.2) is 0 Å². The molecule has 20 heavy (non-hydrogen) atoms. The van der Waals surface area contributed by atoms with E-state index in [-0.39, 0.29) is 17.9 Å². The van der Waals surface area contributed by atoms with Crippen molar-refractivity contribution in [3.8, 4) is 0 Å². The second-order valence-corrected chi connectivity index (χ2v) is 5.64. The van der Waals surface area contributed by atoms with Crippen LogP contribution in [0.25, 0.3) is 0 Å². The molecule has 2 N–H and O–H groups in total. The van der Waals surface area contributed by atoms with Crippen molar-refractivity contribution in [1.82, 2.24) is 5.32 Å². The van der Waals surface area contributed by atoms with Crippen molar-refractivity contribution in [3.05, 3.63) is 27.7 Å². The van der Waals surface area contributed by atoms with E-state index < -0.39 is 0 Å². The maximum atomic E-state index is 12.4. The lowest BCUT2D eigenvalue weighted by molar-refractivity contribution is -0.120. The van der Waals surface area contributed by atoms with Crippen molar-refractivity contribution in [2.45, 2.75) is 19.9 Å². The smallest absolute Gasteiger partial charge is 0.231 e. The van der Waals surface area contributed by atoms with Crippen LogP contribution in [0.1, 0.15) is 12.5 Å². The number of benzene rings is 1. The molecule has 1 heterocycles. The number of aryl methyl sites for hydroxylation is 1. The number of rotatable bonds is 4. The SMILES string of the molecule is CCNC1COCC1C(=O)Nc1c(Cl)ccc(C)c1Cl. The van der Waals surface area contributed by atoms with E-state index >= 15 is 0 Å². The molecule has 1 aliphatic rings. The minimum atomic E-state index is -0.234. The van der Waals surface area contributed by atoms with Gasteiger partial charge in [-0.2, -0.15) is 0 Å². The number of hydrogen-bond donors (Lipinski definition) is 2. The van der Waals surface area contributed by atoms with Crippen molar-refractivity contribution in [2.75, 3.05) is 25.1 Å². The zero-order valence-electron chi connectivity index (χ0n) is 11.5. The first-order chi connectivity index (χ1) is 9.54. The molecule has 6 heteroatoms. The monoisotopic (exact) mass is 316 g/mol. The Morgan fingerprint density at radius 2 is 2.15 bits per heavy atom. The third-order valence-corrected chi connectivity index (χ3v) is 4.22. The van der Waals surface area contributed by atoms with Gasteiger partial charge in [0.05, 0.1) is 34.9 Å². The zero-order chi connectivity index (χ0) is 14.7. The van der Waals surface area contributed by atoms with Crippen LogP contribution >= 0.6 is 23.2 Å². The fourth-order valence-corrected chi connectivity index (χ4v) is 2.73. The molecular weight excluding hydrogens is 299 g/mol. The minimum Gasteiger partial charge on any atom is -0.379 e. The van der Waals surface area contributed by atoms with Crippen LogP contribution in [0.5, 0.6) is 0 Å². The number of carbonyl (C=O) groups is 1.